The van der Waals surface area contributed by atoms with E-state index in [0.29, 0.717) is 11.3 Å². The Morgan fingerprint density at radius 3 is 2.50 bits per heavy atom. The van der Waals surface area contributed by atoms with Crippen LogP contribution in [0, 0.1) is 12.7 Å². The average Bonchev–Trinajstić information content (AvgIpc) is 2.28. The maximum absolute atomic E-state index is 13.8. The first-order chi connectivity index (χ1) is 7.70. The van der Waals surface area contributed by atoms with Gasteiger partial charge in [-0.15, -0.1) is 0 Å². The molecular weight excluding hydrogens is 203 g/mol. The monoisotopic (exact) mass is 216 g/mol. The van der Waals surface area contributed by atoms with Crippen molar-refractivity contribution in [1.29, 1.82) is 0 Å². The van der Waals surface area contributed by atoms with Crippen molar-refractivity contribution in [3.63, 3.8) is 0 Å². The molecule has 0 N–H and O–H groups in total. The summed E-state index contributed by atoms with van der Waals surface area (Å²) in [7, 11) is 1.53. The number of benzene rings is 2. The van der Waals surface area contributed by atoms with E-state index in [1.54, 1.807) is 12.1 Å². The van der Waals surface area contributed by atoms with E-state index >= 15 is 0 Å². The maximum atomic E-state index is 13.8. The third kappa shape index (κ3) is 2.06. The molecule has 1 nitrogen and oxygen atoms in total. The van der Waals surface area contributed by atoms with Crippen LogP contribution in [0.15, 0.2) is 42.5 Å². The Bertz CT molecular complexity index is 506. The van der Waals surface area contributed by atoms with Gasteiger partial charge in [0.1, 0.15) is 11.6 Å². The van der Waals surface area contributed by atoms with Gasteiger partial charge in [0.2, 0.25) is 0 Å². The average molecular weight is 216 g/mol. The molecule has 0 aliphatic rings. The molecule has 82 valence electrons. The molecule has 0 spiro atoms. The standard InChI is InChI=1S/C14H13FO/c1-10-4-3-5-11(8-10)13-7-6-12(16-2)9-14(13)15/h3-9H,1-2H3. The summed E-state index contributed by atoms with van der Waals surface area (Å²) in [4.78, 5) is 0. The first-order valence-electron chi connectivity index (χ1n) is 5.11. The zero-order valence-corrected chi connectivity index (χ0v) is 9.33. The Morgan fingerprint density at radius 2 is 1.88 bits per heavy atom. The van der Waals surface area contributed by atoms with Crippen LogP contribution >= 0.6 is 0 Å². The van der Waals surface area contributed by atoms with Gasteiger partial charge in [-0.25, -0.2) is 4.39 Å². The zero-order chi connectivity index (χ0) is 11.5. The predicted molar refractivity (Wildman–Crippen MR) is 63.1 cm³/mol. The van der Waals surface area contributed by atoms with Crippen LogP contribution in [-0.2, 0) is 0 Å². The van der Waals surface area contributed by atoms with Crippen LogP contribution in [0.2, 0.25) is 0 Å². The van der Waals surface area contributed by atoms with Crippen molar-refractivity contribution in [2.24, 2.45) is 0 Å². The molecule has 2 aromatic rings. The molecule has 0 fully saturated rings. The van der Waals surface area contributed by atoms with Crippen LogP contribution in [0.5, 0.6) is 5.75 Å². The molecule has 0 bridgehead atoms. The van der Waals surface area contributed by atoms with Crippen molar-refractivity contribution in [3.05, 3.63) is 53.8 Å². The summed E-state index contributed by atoms with van der Waals surface area (Å²) in [5.41, 5.74) is 2.61. The van der Waals surface area contributed by atoms with Crippen LogP contribution in [0.25, 0.3) is 11.1 Å². The lowest BCUT2D eigenvalue weighted by Crippen LogP contribution is -1.88. The molecule has 2 rings (SSSR count). The largest absolute Gasteiger partial charge is 0.497 e. The molecule has 2 heteroatoms. The van der Waals surface area contributed by atoms with Gasteiger partial charge in [-0.2, -0.15) is 0 Å². The lowest BCUT2D eigenvalue weighted by Gasteiger charge is -2.06. The van der Waals surface area contributed by atoms with Crippen LogP contribution in [0.1, 0.15) is 5.56 Å². The maximum Gasteiger partial charge on any atom is 0.134 e. The Kier molecular flexibility index (Phi) is 2.91. The van der Waals surface area contributed by atoms with Crippen LogP contribution in [0.4, 0.5) is 4.39 Å². The van der Waals surface area contributed by atoms with E-state index in [9.17, 15) is 4.39 Å². The summed E-state index contributed by atoms with van der Waals surface area (Å²) >= 11 is 0. The van der Waals surface area contributed by atoms with Gasteiger partial charge in [0.05, 0.1) is 7.11 Å². The van der Waals surface area contributed by atoms with E-state index in [1.165, 1.54) is 13.2 Å². The highest BCUT2D eigenvalue weighted by Crippen LogP contribution is 2.26. The van der Waals surface area contributed by atoms with Gasteiger partial charge in [-0.05, 0) is 24.6 Å². The minimum absolute atomic E-state index is 0.259. The molecule has 2 aromatic carbocycles. The summed E-state index contributed by atoms with van der Waals surface area (Å²) < 4.78 is 18.7. The highest BCUT2D eigenvalue weighted by molar-refractivity contribution is 5.65. The molecule has 0 heterocycles. The van der Waals surface area contributed by atoms with Crippen LogP contribution in [0.3, 0.4) is 0 Å². The van der Waals surface area contributed by atoms with Gasteiger partial charge in [0, 0.05) is 11.6 Å². The van der Waals surface area contributed by atoms with Crippen LogP contribution < -0.4 is 4.74 Å². The van der Waals surface area contributed by atoms with Crippen molar-refractivity contribution < 1.29 is 9.13 Å². The summed E-state index contributed by atoms with van der Waals surface area (Å²) in [6.45, 7) is 1.99. The van der Waals surface area contributed by atoms with E-state index in [0.717, 1.165) is 11.1 Å². The highest BCUT2D eigenvalue weighted by Gasteiger charge is 2.06. The molecule has 0 aliphatic heterocycles. The fraction of sp³-hybridized carbons (Fsp3) is 0.143. The first-order valence-corrected chi connectivity index (χ1v) is 5.11. The number of methoxy groups -OCH3 is 1. The molecule has 0 aromatic heterocycles. The Balaban J connectivity index is 2.48. The minimum Gasteiger partial charge on any atom is -0.497 e. The van der Waals surface area contributed by atoms with Crippen molar-refractivity contribution >= 4 is 0 Å². The van der Waals surface area contributed by atoms with Gasteiger partial charge in [-0.1, -0.05) is 29.8 Å². The topological polar surface area (TPSA) is 9.23 Å². The number of rotatable bonds is 2. The summed E-state index contributed by atoms with van der Waals surface area (Å²) in [6.07, 6.45) is 0. The lowest BCUT2D eigenvalue weighted by molar-refractivity contribution is 0.411. The molecule has 0 unspecified atom stereocenters. The van der Waals surface area contributed by atoms with E-state index in [1.807, 2.05) is 31.2 Å². The van der Waals surface area contributed by atoms with Crippen LogP contribution in [-0.4, -0.2) is 7.11 Å². The molecule has 16 heavy (non-hydrogen) atoms. The van der Waals surface area contributed by atoms with Crippen molar-refractivity contribution in [2.45, 2.75) is 6.92 Å². The second-order valence-corrected chi connectivity index (χ2v) is 3.72. The number of hydrogen-bond donors (Lipinski definition) is 0. The number of halogens is 1. The lowest BCUT2D eigenvalue weighted by atomic mass is 10.0. The Hall–Kier alpha value is -1.83. The number of ether oxygens (including phenoxy) is 1. The smallest absolute Gasteiger partial charge is 0.134 e. The van der Waals surface area contributed by atoms with E-state index in [2.05, 4.69) is 0 Å². The normalized spacial score (nSPS) is 10.2. The van der Waals surface area contributed by atoms with Gasteiger partial charge in [0.25, 0.3) is 0 Å². The predicted octanol–water partition coefficient (Wildman–Crippen LogP) is 3.81. The molecule has 0 saturated heterocycles. The zero-order valence-electron chi connectivity index (χ0n) is 9.33. The first kappa shape index (κ1) is 10.7. The van der Waals surface area contributed by atoms with Gasteiger partial charge in [0.15, 0.2) is 0 Å². The van der Waals surface area contributed by atoms with E-state index in [4.69, 9.17) is 4.74 Å². The molecule has 0 atom stereocenters. The fourth-order valence-corrected chi connectivity index (χ4v) is 1.67. The van der Waals surface area contributed by atoms with Crippen molar-refractivity contribution in [2.75, 3.05) is 7.11 Å². The number of hydrogen-bond acceptors (Lipinski definition) is 1. The highest BCUT2D eigenvalue weighted by atomic mass is 19.1. The second kappa shape index (κ2) is 4.35. The molecule has 0 radical (unpaired) electrons. The summed E-state index contributed by atoms with van der Waals surface area (Å²) in [5.74, 6) is 0.277. The Labute approximate surface area is 94.5 Å². The SMILES string of the molecule is COc1ccc(-c2cccc(C)c2)c(F)c1. The third-order valence-corrected chi connectivity index (χ3v) is 2.51. The van der Waals surface area contributed by atoms with Gasteiger partial charge >= 0.3 is 0 Å². The summed E-state index contributed by atoms with van der Waals surface area (Å²) in [6, 6.07) is 12.7. The van der Waals surface area contributed by atoms with E-state index < -0.39 is 0 Å². The fourth-order valence-electron chi connectivity index (χ4n) is 1.67. The van der Waals surface area contributed by atoms with Crippen molar-refractivity contribution in [3.8, 4) is 16.9 Å². The molecule has 0 amide bonds. The Morgan fingerprint density at radius 1 is 1.06 bits per heavy atom. The van der Waals surface area contributed by atoms with Gasteiger partial charge in [-0.3, -0.25) is 0 Å². The van der Waals surface area contributed by atoms with E-state index in [-0.39, 0.29) is 5.82 Å². The van der Waals surface area contributed by atoms with Crippen molar-refractivity contribution in [1.82, 2.24) is 0 Å². The quantitative estimate of drug-likeness (QED) is 0.741. The molecular formula is C14H13FO. The molecule has 0 saturated carbocycles. The third-order valence-electron chi connectivity index (χ3n) is 2.51. The molecule has 0 aliphatic carbocycles. The van der Waals surface area contributed by atoms with Gasteiger partial charge < -0.3 is 4.74 Å². The minimum atomic E-state index is -0.259. The number of aryl methyl sites for hydroxylation is 1. The second-order valence-electron chi connectivity index (χ2n) is 3.72. The summed E-state index contributed by atoms with van der Waals surface area (Å²) in [5, 5.41) is 0.